The summed E-state index contributed by atoms with van der Waals surface area (Å²) in [5.41, 5.74) is 2.09. The van der Waals surface area contributed by atoms with E-state index in [2.05, 4.69) is 26.6 Å². The van der Waals surface area contributed by atoms with Gasteiger partial charge in [-0.3, -0.25) is 4.79 Å². The van der Waals surface area contributed by atoms with Crippen molar-refractivity contribution in [2.24, 2.45) is 0 Å². The van der Waals surface area contributed by atoms with E-state index in [4.69, 9.17) is 5.11 Å². The third-order valence-corrected chi connectivity index (χ3v) is 3.19. The Labute approximate surface area is 114 Å². The van der Waals surface area contributed by atoms with Crippen molar-refractivity contribution in [1.29, 1.82) is 0 Å². The Kier molecular flexibility index (Phi) is 5.64. The van der Waals surface area contributed by atoms with E-state index in [1.165, 1.54) is 0 Å². The molecule has 0 saturated carbocycles. The molecule has 1 rings (SSSR count). The zero-order valence-electron chi connectivity index (χ0n) is 10.00. The third-order valence-electron chi connectivity index (χ3n) is 2.30. The Morgan fingerprint density at radius 2 is 2.06 bits per heavy atom. The predicted octanol–water partition coefficient (Wildman–Crippen LogP) is 2.03. The van der Waals surface area contributed by atoms with Crippen LogP contribution in [0.1, 0.15) is 17.5 Å². The molecule has 0 bridgehead atoms. The number of carbonyl (C=O) groups excluding carboxylic acids is 1. The van der Waals surface area contributed by atoms with Crippen molar-refractivity contribution >= 4 is 27.9 Å². The van der Waals surface area contributed by atoms with Gasteiger partial charge in [-0.25, -0.2) is 4.79 Å². The number of carboxylic acid groups (broad SMARTS) is 1. The number of benzene rings is 1. The zero-order valence-corrected chi connectivity index (χ0v) is 11.6. The molecule has 5 nitrogen and oxygen atoms in total. The fourth-order valence-electron chi connectivity index (χ4n) is 1.34. The highest BCUT2D eigenvalue weighted by Crippen LogP contribution is 2.16. The molecule has 0 aromatic heterocycles. The van der Waals surface area contributed by atoms with Crippen LogP contribution in [0.3, 0.4) is 0 Å². The molecule has 0 spiro atoms. The quantitative estimate of drug-likeness (QED) is 0.778. The molecule has 3 N–H and O–H groups in total. The van der Waals surface area contributed by atoms with Gasteiger partial charge in [0.1, 0.15) is 0 Å². The molecule has 0 aliphatic heterocycles. The number of carboxylic acids is 1. The fraction of sp³-hybridized carbons (Fsp3) is 0.333. The van der Waals surface area contributed by atoms with Gasteiger partial charge in [-0.05, 0) is 24.1 Å². The van der Waals surface area contributed by atoms with E-state index >= 15 is 0 Å². The zero-order chi connectivity index (χ0) is 13.5. The van der Waals surface area contributed by atoms with Crippen molar-refractivity contribution in [3.05, 3.63) is 33.8 Å². The van der Waals surface area contributed by atoms with Crippen LogP contribution in [0.25, 0.3) is 0 Å². The maximum atomic E-state index is 11.3. The molecule has 1 aromatic rings. The van der Waals surface area contributed by atoms with Gasteiger partial charge in [-0.1, -0.05) is 28.1 Å². The van der Waals surface area contributed by atoms with Gasteiger partial charge in [0.15, 0.2) is 0 Å². The number of rotatable bonds is 5. The van der Waals surface area contributed by atoms with Gasteiger partial charge in [0, 0.05) is 17.6 Å². The fourth-order valence-corrected chi connectivity index (χ4v) is 1.59. The predicted molar refractivity (Wildman–Crippen MR) is 71.4 cm³/mol. The lowest BCUT2D eigenvalue weighted by Crippen LogP contribution is -2.36. The molecule has 1 aromatic carbocycles. The second-order valence-electron chi connectivity index (χ2n) is 3.84. The number of halogens is 1. The van der Waals surface area contributed by atoms with Crippen LogP contribution in [0.5, 0.6) is 0 Å². The summed E-state index contributed by atoms with van der Waals surface area (Å²) in [5, 5.41) is 13.5. The Hall–Kier alpha value is -1.56. The van der Waals surface area contributed by atoms with E-state index in [9.17, 15) is 9.59 Å². The summed E-state index contributed by atoms with van der Waals surface area (Å²) in [5.74, 6) is -0.932. The highest BCUT2D eigenvalue weighted by molar-refractivity contribution is 9.10. The van der Waals surface area contributed by atoms with Crippen molar-refractivity contribution in [3.63, 3.8) is 0 Å². The number of urea groups is 1. The lowest BCUT2D eigenvalue weighted by atomic mass is 10.1. The maximum absolute atomic E-state index is 11.3. The van der Waals surface area contributed by atoms with Crippen LogP contribution in [-0.2, 0) is 11.3 Å². The minimum atomic E-state index is -0.932. The number of carbonyl (C=O) groups is 2. The molecule has 0 radical (unpaired) electrons. The van der Waals surface area contributed by atoms with Gasteiger partial charge in [-0.15, -0.1) is 0 Å². The minimum Gasteiger partial charge on any atom is -0.481 e. The number of hydrogen-bond donors (Lipinski definition) is 3. The number of hydrogen-bond acceptors (Lipinski definition) is 2. The SMILES string of the molecule is Cc1cc(CNC(=O)NCCC(=O)O)ccc1Br. The number of aliphatic carboxylic acids is 1. The number of amides is 2. The molecule has 6 heteroatoms. The monoisotopic (exact) mass is 314 g/mol. The summed E-state index contributed by atoms with van der Waals surface area (Å²) in [6, 6.07) is 5.45. The smallest absolute Gasteiger partial charge is 0.315 e. The van der Waals surface area contributed by atoms with Gasteiger partial charge < -0.3 is 15.7 Å². The van der Waals surface area contributed by atoms with E-state index in [-0.39, 0.29) is 19.0 Å². The van der Waals surface area contributed by atoms with E-state index in [0.29, 0.717) is 6.54 Å². The van der Waals surface area contributed by atoms with Gasteiger partial charge in [0.2, 0.25) is 0 Å². The van der Waals surface area contributed by atoms with Gasteiger partial charge >= 0.3 is 12.0 Å². The van der Waals surface area contributed by atoms with Crippen LogP contribution in [0.4, 0.5) is 4.79 Å². The molecular weight excluding hydrogens is 300 g/mol. The molecule has 0 fully saturated rings. The summed E-state index contributed by atoms with van der Waals surface area (Å²) in [7, 11) is 0. The lowest BCUT2D eigenvalue weighted by molar-refractivity contribution is -0.136. The first kappa shape index (κ1) is 14.5. The largest absolute Gasteiger partial charge is 0.481 e. The molecule has 98 valence electrons. The molecule has 0 saturated heterocycles. The average molecular weight is 315 g/mol. The third kappa shape index (κ3) is 5.18. The summed E-state index contributed by atoms with van der Waals surface area (Å²) in [4.78, 5) is 21.6. The highest BCUT2D eigenvalue weighted by Gasteiger charge is 2.03. The van der Waals surface area contributed by atoms with Gasteiger partial charge in [-0.2, -0.15) is 0 Å². The van der Waals surface area contributed by atoms with Crippen LogP contribution < -0.4 is 10.6 Å². The molecular formula is C12H15BrN2O3. The second kappa shape index (κ2) is 7.00. The van der Waals surface area contributed by atoms with Gasteiger partial charge in [0.25, 0.3) is 0 Å². The second-order valence-corrected chi connectivity index (χ2v) is 4.69. The van der Waals surface area contributed by atoms with Crippen molar-refractivity contribution in [1.82, 2.24) is 10.6 Å². The maximum Gasteiger partial charge on any atom is 0.315 e. The molecule has 0 aliphatic carbocycles. The van der Waals surface area contributed by atoms with Gasteiger partial charge in [0.05, 0.1) is 6.42 Å². The summed E-state index contributed by atoms with van der Waals surface area (Å²) in [6.07, 6.45) is -0.0786. The Bertz CT molecular complexity index is 449. The molecule has 0 aliphatic rings. The van der Waals surface area contributed by atoms with Crippen LogP contribution in [0.15, 0.2) is 22.7 Å². The van der Waals surface area contributed by atoms with E-state index < -0.39 is 5.97 Å². The molecule has 2 amide bonds. The first-order valence-electron chi connectivity index (χ1n) is 5.47. The Morgan fingerprint density at radius 3 is 2.67 bits per heavy atom. The number of nitrogens with one attached hydrogen (secondary N) is 2. The molecule has 18 heavy (non-hydrogen) atoms. The topological polar surface area (TPSA) is 78.4 Å². The standard InChI is InChI=1S/C12H15BrN2O3/c1-8-6-9(2-3-10(8)13)7-15-12(18)14-5-4-11(16)17/h2-3,6H,4-5,7H2,1H3,(H,16,17)(H2,14,15,18). The highest BCUT2D eigenvalue weighted by atomic mass is 79.9. The van der Waals surface area contributed by atoms with E-state index in [1.807, 2.05) is 25.1 Å². The van der Waals surface area contributed by atoms with E-state index in [0.717, 1.165) is 15.6 Å². The van der Waals surface area contributed by atoms with Crippen LogP contribution >= 0.6 is 15.9 Å². The molecule has 0 heterocycles. The average Bonchev–Trinajstić information content (AvgIpc) is 2.30. The molecule has 0 atom stereocenters. The van der Waals surface area contributed by atoms with E-state index in [1.54, 1.807) is 0 Å². The normalized spacial score (nSPS) is 9.89. The van der Waals surface area contributed by atoms with Crippen molar-refractivity contribution in [3.8, 4) is 0 Å². The summed E-state index contributed by atoms with van der Waals surface area (Å²) >= 11 is 3.40. The molecule has 0 unspecified atom stereocenters. The lowest BCUT2D eigenvalue weighted by Gasteiger charge is -2.08. The number of aryl methyl sites for hydroxylation is 1. The first-order valence-corrected chi connectivity index (χ1v) is 6.27. The Morgan fingerprint density at radius 1 is 1.33 bits per heavy atom. The van der Waals surface area contributed by atoms with Crippen LogP contribution in [0, 0.1) is 6.92 Å². The van der Waals surface area contributed by atoms with Crippen molar-refractivity contribution in [2.75, 3.05) is 6.54 Å². The minimum absolute atomic E-state index is 0.0786. The summed E-state index contributed by atoms with van der Waals surface area (Å²) < 4.78 is 1.03. The van der Waals surface area contributed by atoms with Crippen molar-refractivity contribution in [2.45, 2.75) is 19.9 Å². The van der Waals surface area contributed by atoms with Crippen molar-refractivity contribution < 1.29 is 14.7 Å². The van der Waals surface area contributed by atoms with Crippen LogP contribution in [0.2, 0.25) is 0 Å². The summed E-state index contributed by atoms with van der Waals surface area (Å²) in [6.45, 7) is 2.51. The first-order chi connectivity index (χ1) is 8.49. The van der Waals surface area contributed by atoms with Crippen LogP contribution in [-0.4, -0.2) is 23.7 Å². The Balaban J connectivity index is 2.33.